The molecule has 0 saturated carbocycles. The summed E-state index contributed by atoms with van der Waals surface area (Å²) in [6.45, 7) is 0. The van der Waals surface area contributed by atoms with Gasteiger partial charge < -0.3 is 11.5 Å². The van der Waals surface area contributed by atoms with Crippen molar-refractivity contribution in [2.45, 2.75) is 10.9 Å². The van der Waals surface area contributed by atoms with E-state index in [1.807, 2.05) is 0 Å². The maximum Gasteiger partial charge on any atom is 0.505 e. The fraction of sp³-hybridized carbons (Fsp3) is 0.125. The minimum Gasteiger partial charge on any atom is -0.368 e. The second-order valence-electron chi connectivity index (χ2n) is 2.53. The molecule has 1 aromatic rings. The van der Waals surface area contributed by atoms with E-state index in [2.05, 4.69) is 0 Å². The lowest BCUT2D eigenvalue weighted by atomic mass is 10.1. The van der Waals surface area contributed by atoms with Crippen LogP contribution in [0.2, 0.25) is 0 Å². The van der Waals surface area contributed by atoms with E-state index < -0.39 is 11.9 Å². The van der Waals surface area contributed by atoms with Crippen LogP contribution in [-0.4, -0.2) is 5.91 Å². The summed E-state index contributed by atoms with van der Waals surface area (Å²) in [5, 5.41) is 0. The molecule has 1 unspecified atom stereocenters. The summed E-state index contributed by atoms with van der Waals surface area (Å²) in [4.78, 5) is 11.3. The van der Waals surface area contributed by atoms with E-state index in [9.17, 15) is 9.00 Å². The van der Waals surface area contributed by atoms with Crippen LogP contribution >= 0.6 is 0 Å². The van der Waals surface area contributed by atoms with Gasteiger partial charge >= 0.3 is 11.7 Å². The van der Waals surface area contributed by atoms with E-state index in [4.69, 9.17) is 11.5 Å². The van der Waals surface area contributed by atoms with Crippen LogP contribution in [-0.2, 0) is 20.7 Å². The minimum absolute atomic E-state index is 0.391. The molecule has 0 radical (unpaired) electrons. The average Bonchev–Trinajstić information content (AvgIpc) is 2.17. The first kappa shape index (κ1) is 9.76. The second-order valence-corrected chi connectivity index (χ2v) is 3.17. The Hall–Kier alpha value is -1.33. The molecule has 0 heterocycles. The van der Waals surface area contributed by atoms with Gasteiger partial charge in [0.25, 0.3) is 4.90 Å². The van der Waals surface area contributed by atoms with E-state index in [0.29, 0.717) is 22.1 Å². The van der Waals surface area contributed by atoms with Crippen molar-refractivity contribution in [1.82, 2.24) is 0 Å². The number of hydrogen-bond donors (Lipinski definition) is 2. The first-order valence-corrected chi connectivity index (χ1v) is 4.34. The predicted molar refractivity (Wildman–Crippen MR) is 48.9 cm³/mol. The standard InChI is InChI=1S/C8H8N2O2S/c9-7(8(10)11)5-1-3-6(13-12)4-2-5/h1-4,7H,9H2,(H-,10,11)/p+1. The normalized spacial score (nSPS) is 12.1. The van der Waals surface area contributed by atoms with Gasteiger partial charge in [-0.15, -0.1) is 0 Å². The summed E-state index contributed by atoms with van der Waals surface area (Å²) in [6, 6.07) is 5.66. The molecular weight excluding hydrogens is 188 g/mol. The Kier molecular flexibility index (Phi) is 3.05. The van der Waals surface area contributed by atoms with Gasteiger partial charge in [0, 0.05) is 16.3 Å². The Balaban J connectivity index is 2.91. The molecular formula is C8H9N2O2S+. The maximum absolute atomic E-state index is 10.7. The van der Waals surface area contributed by atoms with E-state index >= 15 is 0 Å². The Morgan fingerprint density at radius 2 is 1.85 bits per heavy atom. The van der Waals surface area contributed by atoms with Gasteiger partial charge in [-0.25, -0.2) is 0 Å². The molecule has 13 heavy (non-hydrogen) atoms. The molecule has 1 rings (SSSR count). The van der Waals surface area contributed by atoms with Gasteiger partial charge in [0.1, 0.15) is 6.04 Å². The van der Waals surface area contributed by atoms with E-state index in [-0.39, 0.29) is 0 Å². The van der Waals surface area contributed by atoms with Gasteiger partial charge in [0.05, 0.1) is 0 Å². The van der Waals surface area contributed by atoms with Crippen LogP contribution in [0.4, 0.5) is 0 Å². The Bertz CT molecular complexity index is 323. The average molecular weight is 197 g/mol. The van der Waals surface area contributed by atoms with Crippen molar-refractivity contribution in [3.05, 3.63) is 29.8 Å². The molecule has 0 spiro atoms. The summed E-state index contributed by atoms with van der Waals surface area (Å²) < 4.78 is 10.3. The van der Waals surface area contributed by atoms with Gasteiger partial charge in [-0.1, -0.05) is 12.1 Å². The van der Waals surface area contributed by atoms with Crippen LogP contribution < -0.4 is 11.5 Å². The third-order valence-electron chi connectivity index (χ3n) is 1.64. The molecule has 1 aromatic carbocycles. The van der Waals surface area contributed by atoms with Crippen molar-refractivity contribution in [3.8, 4) is 0 Å². The summed E-state index contributed by atoms with van der Waals surface area (Å²) >= 11 is 0.391. The lowest BCUT2D eigenvalue weighted by Crippen LogP contribution is -2.28. The van der Waals surface area contributed by atoms with Gasteiger partial charge in [0.2, 0.25) is 5.91 Å². The van der Waals surface area contributed by atoms with Crippen molar-refractivity contribution in [3.63, 3.8) is 0 Å². The molecule has 0 bridgehead atoms. The number of hydrogen-bond acceptors (Lipinski definition) is 3. The van der Waals surface area contributed by atoms with Gasteiger partial charge in [-0.05, 0) is 5.56 Å². The topological polar surface area (TPSA) is 86.2 Å². The van der Waals surface area contributed by atoms with Crippen LogP contribution in [0, 0.1) is 0 Å². The van der Waals surface area contributed by atoms with Crippen LogP contribution in [0.1, 0.15) is 11.6 Å². The highest BCUT2D eigenvalue weighted by Gasteiger charge is 2.13. The number of primary amides is 1. The molecule has 1 amide bonds. The van der Waals surface area contributed by atoms with Crippen molar-refractivity contribution in [2.24, 2.45) is 11.5 Å². The van der Waals surface area contributed by atoms with Crippen molar-refractivity contribution in [2.75, 3.05) is 0 Å². The zero-order valence-electron chi connectivity index (χ0n) is 6.77. The van der Waals surface area contributed by atoms with Crippen LogP contribution in [0.15, 0.2) is 29.2 Å². The van der Waals surface area contributed by atoms with E-state index in [1.165, 1.54) is 0 Å². The highest BCUT2D eigenvalue weighted by molar-refractivity contribution is 7.65. The quantitative estimate of drug-likeness (QED) is 0.666. The van der Waals surface area contributed by atoms with Gasteiger partial charge in [0.15, 0.2) is 0 Å². The lowest BCUT2D eigenvalue weighted by molar-refractivity contribution is -0.119. The number of carbonyl (C=O) groups excluding carboxylic acids is 1. The smallest absolute Gasteiger partial charge is 0.368 e. The van der Waals surface area contributed by atoms with Crippen molar-refractivity contribution < 1.29 is 9.00 Å². The third kappa shape index (κ3) is 2.30. The largest absolute Gasteiger partial charge is 0.505 e. The fourth-order valence-corrected chi connectivity index (χ4v) is 1.14. The molecule has 0 aromatic heterocycles. The van der Waals surface area contributed by atoms with Crippen LogP contribution in [0.5, 0.6) is 0 Å². The number of rotatable bonds is 3. The third-order valence-corrected chi connectivity index (χ3v) is 2.11. The first-order chi connectivity index (χ1) is 6.15. The second kappa shape index (κ2) is 4.06. The molecule has 1 atom stereocenters. The first-order valence-electron chi connectivity index (χ1n) is 3.60. The summed E-state index contributed by atoms with van der Waals surface area (Å²) in [5.41, 5.74) is 11.1. The minimum atomic E-state index is -0.800. The maximum atomic E-state index is 10.7. The van der Waals surface area contributed by atoms with Crippen molar-refractivity contribution >= 4 is 17.6 Å². The number of carbonyl (C=O) groups is 1. The predicted octanol–water partition coefficient (Wildman–Crippen LogP) is -0.0413. The van der Waals surface area contributed by atoms with E-state index in [0.717, 1.165) is 0 Å². The highest BCUT2D eigenvalue weighted by atomic mass is 32.1. The molecule has 0 saturated heterocycles. The summed E-state index contributed by atoms with van der Waals surface area (Å²) in [6.07, 6.45) is 0. The SMILES string of the molecule is NC(=O)C(N)c1ccc([S+]=O)cc1. The van der Waals surface area contributed by atoms with Crippen LogP contribution in [0.3, 0.4) is 0 Å². The Morgan fingerprint density at radius 1 is 1.31 bits per heavy atom. The molecule has 0 aliphatic heterocycles. The monoisotopic (exact) mass is 197 g/mol. The zero-order chi connectivity index (χ0) is 9.84. The Labute approximate surface area is 79.4 Å². The lowest BCUT2D eigenvalue weighted by Gasteiger charge is -2.05. The summed E-state index contributed by atoms with van der Waals surface area (Å²) in [7, 11) is 0. The van der Waals surface area contributed by atoms with Crippen molar-refractivity contribution in [1.29, 1.82) is 0 Å². The molecule has 0 aliphatic carbocycles. The molecule has 4 nitrogen and oxygen atoms in total. The highest BCUT2D eigenvalue weighted by Crippen LogP contribution is 2.11. The zero-order valence-corrected chi connectivity index (χ0v) is 7.58. The number of benzene rings is 1. The van der Waals surface area contributed by atoms with Gasteiger partial charge in [-0.3, -0.25) is 4.79 Å². The molecule has 0 fully saturated rings. The molecule has 5 heteroatoms. The molecule has 68 valence electrons. The number of nitrogens with two attached hydrogens (primary N) is 2. The number of amides is 1. The summed E-state index contributed by atoms with van der Waals surface area (Å²) in [5.74, 6) is -0.581. The van der Waals surface area contributed by atoms with Crippen LogP contribution in [0.25, 0.3) is 0 Å². The Morgan fingerprint density at radius 3 is 2.23 bits per heavy atom. The molecule has 0 aliphatic rings. The fourth-order valence-electron chi connectivity index (χ4n) is 0.895. The molecule has 4 N–H and O–H groups in total. The van der Waals surface area contributed by atoms with Gasteiger partial charge in [-0.2, -0.15) is 0 Å². The van der Waals surface area contributed by atoms with E-state index in [1.54, 1.807) is 24.3 Å².